The molecule has 1 aliphatic rings. The zero-order valence-electron chi connectivity index (χ0n) is 15.5. The van der Waals surface area contributed by atoms with E-state index in [1.54, 1.807) is 6.20 Å². The van der Waals surface area contributed by atoms with Crippen molar-refractivity contribution in [3.05, 3.63) is 60.0 Å². The van der Waals surface area contributed by atoms with E-state index in [4.69, 9.17) is 0 Å². The zero-order valence-corrected chi connectivity index (χ0v) is 15.5. The van der Waals surface area contributed by atoms with Gasteiger partial charge in [0, 0.05) is 41.6 Å². The van der Waals surface area contributed by atoms with Gasteiger partial charge in [-0.25, -0.2) is 0 Å². The van der Waals surface area contributed by atoms with Crippen molar-refractivity contribution in [3.63, 3.8) is 0 Å². The van der Waals surface area contributed by atoms with Crippen molar-refractivity contribution in [2.45, 2.75) is 44.6 Å². The van der Waals surface area contributed by atoms with Gasteiger partial charge in [-0.15, -0.1) is 0 Å². The summed E-state index contributed by atoms with van der Waals surface area (Å²) in [7, 11) is 0. The molecule has 0 bridgehead atoms. The van der Waals surface area contributed by atoms with Crippen LogP contribution in [0.25, 0.3) is 10.9 Å². The van der Waals surface area contributed by atoms with Crippen molar-refractivity contribution in [2.24, 2.45) is 0 Å². The molecule has 27 heavy (non-hydrogen) atoms. The Balaban J connectivity index is 1.33. The van der Waals surface area contributed by atoms with E-state index in [-0.39, 0.29) is 5.91 Å². The molecule has 140 valence electrons. The normalized spacial score (nSPS) is 15.0. The van der Waals surface area contributed by atoms with Gasteiger partial charge in [0.2, 0.25) is 0 Å². The van der Waals surface area contributed by atoms with Gasteiger partial charge in [0.05, 0.1) is 0 Å². The highest BCUT2D eigenvalue weighted by molar-refractivity contribution is 5.93. The van der Waals surface area contributed by atoms with Crippen LogP contribution in [0.5, 0.6) is 0 Å². The number of H-pyrrole nitrogens is 1. The fourth-order valence-corrected chi connectivity index (χ4v) is 3.87. The molecule has 1 aromatic carbocycles. The second-order valence-corrected chi connectivity index (χ2v) is 7.27. The van der Waals surface area contributed by atoms with Crippen molar-refractivity contribution >= 4 is 22.5 Å². The van der Waals surface area contributed by atoms with Gasteiger partial charge in [-0.3, -0.25) is 9.78 Å². The van der Waals surface area contributed by atoms with Crippen LogP contribution in [0.4, 0.5) is 5.69 Å². The summed E-state index contributed by atoms with van der Waals surface area (Å²) in [5, 5.41) is 7.75. The fourth-order valence-electron chi connectivity index (χ4n) is 3.87. The van der Waals surface area contributed by atoms with Crippen LogP contribution >= 0.6 is 0 Å². The van der Waals surface area contributed by atoms with Gasteiger partial charge in [0.15, 0.2) is 0 Å². The Morgan fingerprint density at radius 3 is 2.89 bits per heavy atom. The maximum absolute atomic E-state index is 12.5. The lowest BCUT2D eigenvalue weighted by atomic mass is 9.95. The number of aromatic amines is 1. The molecule has 0 spiro atoms. The van der Waals surface area contributed by atoms with Crippen LogP contribution in [0.1, 0.15) is 48.2 Å². The van der Waals surface area contributed by atoms with E-state index in [1.165, 1.54) is 43.1 Å². The van der Waals surface area contributed by atoms with Crippen molar-refractivity contribution in [3.8, 4) is 0 Å². The SMILES string of the molecule is O=C(NCCc1c[nH]c2ccccc12)c1cc(NC2CCCCC2)ccn1. The predicted octanol–water partition coefficient (Wildman–Crippen LogP) is 4.28. The topological polar surface area (TPSA) is 69.8 Å². The summed E-state index contributed by atoms with van der Waals surface area (Å²) >= 11 is 0. The van der Waals surface area contributed by atoms with Crippen LogP contribution in [0.15, 0.2) is 48.8 Å². The van der Waals surface area contributed by atoms with Crippen molar-refractivity contribution in [1.29, 1.82) is 0 Å². The first-order chi connectivity index (χ1) is 13.3. The van der Waals surface area contributed by atoms with Gasteiger partial charge in [-0.2, -0.15) is 0 Å². The molecule has 0 aliphatic heterocycles. The third-order valence-corrected chi connectivity index (χ3v) is 5.32. The minimum atomic E-state index is -0.123. The van der Waals surface area contributed by atoms with Gasteiger partial charge in [0.25, 0.3) is 5.91 Å². The molecule has 2 aromatic heterocycles. The number of pyridine rings is 1. The van der Waals surface area contributed by atoms with Gasteiger partial charge in [-0.05, 0) is 43.0 Å². The van der Waals surface area contributed by atoms with Crippen LogP contribution in [-0.4, -0.2) is 28.5 Å². The van der Waals surface area contributed by atoms with E-state index in [9.17, 15) is 4.79 Å². The number of nitrogens with zero attached hydrogens (tertiary/aromatic N) is 1. The summed E-state index contributed by atoms with van der Waals surface area (Å²) in [6.45, 7) is 0.586. The zero-order chi connectivity index (χ0) is 18.5. The number of para-hydroxylation sites is 1. The average Bonchev–Trinajstić information content (AvgIpc) is 3.12. The first-order valence-electron chi connectivity index (χ1n) is 9.85. The lowest BCUT2D eigenvalue weighted by molar-refractivity contribution is 0.0949. The number of rotatable bonds is 6. The highest BCUT2D eigenvalue weighted by Gasteiger charge is 2.14. The minimum absolute atomic E-state index is 0.123. The number of fused-ring (bicyclic) bond motifs is 1. The first-order valence-corrected chi connectivity index (χ1v) is 9.85. The third kappa shape index (κ3) is 4.30. The molecule has 4 rings (SSSR count). The first kappa shape index (κ1) is 17.6. The number of anilines is 1. The highest BCUT2D eigenvalue weighted by atomic mass is 16.1. The Kier molecular flexibility index (Phi) is 5.37. The number of amides is 1. The summed E-state index contributed by atoms with van der Waals surface area (Å²) in [6, 6.07) is 12.5. The molecule has 0 unspecified atom stereocenters. The second kappa shape index (κ2) is 8.25. The summed E-state index contributed by atoms with van der Waals surface area (Å²) in [5.74, 6) is -0.123. The fraction of sp³-hybridized carbons (Fsp3) is 0.364. The van der Waals surface area contributed by atoms with Crippen LogP contribution in [-0.2, 0) is 6.42 Å². The number of nitrogens with one attached hydrogen (secondary N) is 3. The minimum Gasteiger partial charge on any atom is -0.382 e. The largest absolute Gasteiger partial charge is 0.382 e. The molecular formula is C22H26N4O. The molecule has 1 fully saturated rings. The molecular weight excluding hydrogens is 336 g/mol. The van der Waals surface area contributed by atoms with E-state index < -0.39 is 0 Å². The Labute approximate surface area is 159 Å². The number of hydrogen-bond acceptors (Lipinski definition) is 3. The number of aromatic nitrogens is 2. The molecule has 5 nitrogen and oxygen atoms in total. The molecule has 0 radical (unpaired) electrons. The summed E-state index contributed by atoms with van der Waals surface area (Å²) in [6.07, 6.45) is 10.8. The van der Waals surface area contributed by atoms with Crippen molar-refractivity contribution in [2.75, 3.05) is 11.9 Å². The number of carbonyl (C=O) groups excluding carboxylic acids is 1. The maximum atomic E-state index is 12.5. The molecule has 1 saturated carbocycles. The predicted molar refractivity (Wildman–Crippen MR) is 109 cm³/mol. The van der Waals surface area contributed by atoms with Crippen LogP contribution in [0.3, 0.4) is 0 Å². The van der Waals surface area contributed by atoms with E-state index in [0.717, 1.165) is 17.6 Å². The molecule has 0 saturated heterocycles. The van der Waals surface area contributed by atoms with E-state index in [1.807, 2.05) is 30.5 Å². The quantitative estimate of drug-likeness (QED) is 0.613. The smallest absolute Gasteiger partial charge is 0.269 e. The molecule has 3 aromatic rings. The highest BCUT2D eigenvalue weighted by Crippen LogP contribution is 2.22. The van der Waals surface area contributed by atoms with Crippen molar-refractivity contribution < 1.29 is 4.79 Å². The lowest BCUT2D eigenvalue weighted by Gasteiger charge is -2.23. The summed E-state index contributed by atoms with van der Waals surface area (Å²) < 4.78 is 0. The molecule has 2 heterocycles. The average molecular weight is 362 g/mol. The molecule has 3 N–H and O–H groups in total. The second-order valence-electron chi connectivity index (χ2n) is 7.27. The Morgan fingerprint density at radius 1 is 1.15 bits per heavy atom. The van der Waals surface area contributed by atoms with E-state index in [2.05, 4.69) is 32.7 Å². The van der Waals surface area contributed by atoms with Gasteiger partial charge >= 0.3 is 0 Å². The van der Waals surface area contributed by atoms with E-state index >= 15 is 0 Å². The molecule has 1 amide bonds. The summed E-state index contributed by atoms with van der Waals surface area (Å²) in [4.78, 5) is 20.0. The standard InChI is InChI=1S/C22H26N4O/c27-22(24-12-10-16-15-25-20-9-5-4-8-19(16)20)21-14-18(11-13-23-21)26-17-6-2-1-3-7-17/h4-5,8-9,11,13-15,17,25H,1-3,6-7,10,12H2,(H,23,26)(H,24,27). The summed E-state index contributed by atoms with van der Waals surface area (Å²) in [5.41, 5.74) is 3.79. The van der Waals surface area contributed by atoms with Gasteiger partial charge < -0.3 is 15.6 Å². The monoisotopic (exact) mass is 362 g/mol. The maximum Gasteiger partial charge on any atom is 0.269 e. The molecule has 5 heteroatoms. The lowest BCUT2D eigenvalue weighted by Crippen LogP contribution is -2.27. The van der Waals surface area contributed by atoms with E-state index in [0.29, 0.717) is 18.3 Å². The molecule has 1 aliphatic carbocycles. The Morgan fingerprint density at radius 2 is 2.00 bits per heavy atom. The number of benzene rings is 1. The Hall–Kier alpha value is -2.82. The number of carbonyl (C=O) groups is 1. The van der Waals surface area contributed by atoms with Crippen molar-refractivity contribution in [1.82, 2.24) is 15.3 Å². The van der Waals surface area contributed by atoms with Gasteiger partial charge in [-0.1, -0.05) is 37.5 Å². The van der Waals surface area contributed by atoms with Crippen LogP contribution in [0.2, 0.25) is 0 Å². The van der Waals surface area contributed by atoms with Crippen LogP contribution < -0.4 is 10.6 Å². The van der Waals surface area contributed by atoms with Gasteiger partial charge in [0.1, 0.15) is 5.69 Å². The Bertz CT molecular complexity index is 911. The third-order valence-electron chi connectivity index (χ3n) is 5.32. The molecule has 0 atom stereocenters. The number of hydrogen-bond donors (Lipinski definition) is 3. The van der Waals surface area contributed by atoms with Crippen LogP contribution in [0, 0.1) is 0 Å².